The number of nitrogens with zero attached hydrogens (tertiary/aromatic N) is 1. The van der Waals surface area contributed by atoms with Crippen LogP contribution in [-0.2, 0) is 21.4 Å². The van der Waals surface area contributed by atoms with Gasteiger partial charge >= 0.3 is 5.97 Å². The highest BCUT2D eigenvalue weighted by Gasteiger charge is 2.62. The van der Waals surface area contributed by atoms with Crippen molar-refractivity contribution in [1.29, 1.82) is 0 Å². The van der Waals surface area contributed by atoms with Crippen LogP contribution in [0.2, 0.25) is 0 Å². The average Bonchev–Trinajstić information content (AvgIpc) is 3.00. The maximum Gasteiger partial charge on any atom is 0.319 e. The first-order valence-electron chi connectivity index (χ1n) is 9.61. The molecule has 1 N–H and O–H groups in total. The van der Waals surface area contributed by atoms with Gasteiger partial charge < -0.3 is 9.72 Å². The fourth-order valence-electron chi connectivity index (χ4n) is 6.27. The number of ether oxygens (including phenoxy) is 1. The number of rotatable bonds is 2. The largest absolute Gasteiger partial charge is 0.468 e. The summed E-state index contributed by atoms with van der Waals surface area (Å²) in [6.45, 7) is 4.46. The second-order valence-electron chi connectivity index (χ2n) is 8.15. The van der Waals surface area contributed by atoms with Crippen molar-refractivity contribution in [2.75, 3.05) is 20.2 Å². The molecule has 25 heavy (non-hydrogen) atoms. The molecule has 1 aromatic heterocycles. The lowest BCUT2D eigenvalue weighted by Gasteiger charge is -2.57. The lowest BCUT2D eigenvalue weighted by molar-refractivity contribution is -0.162. The van der Waals surface area contributed by atoms with Crippen LogP contribution < -0.4 is 0 Å². The average molecular weight is 338 g/mol. The molecule has 1 aliphatic carbocycles. The summed E-state index contributed by atoms with van der Waals surface area (Å²) in [5.74, 6) is 1.12. The highest BCUT2D eigenvalue weighted by molar-refractivity contribution is 5.91. The van der Waals surface area contributed by atoms with Gasteiger partial charge in [-0.15, -0.1) is 0 Å². The molecule has 2 saturated heterocycles. The Bertz CT molecular complexity index is 842. The summed E-state index contributed by atoms with van der Waals surface area (Å²) >= 11 is 0. The molecule has 0 radical (unpaired) electrons. The molecule has 1 aromatic carbocycles. The minimum absolute atomic E-state index is 0.0416. The first kappa shape index (κ1) is 15.4. The zero-order valence-corrected chi connectivity index (χ0v) is 15.0. The van der Waals surface area contributed by atoms with Gasteiger partial charge in [-0.05, 0) is 42.7 Å². The van der Waals surface area contributed by atoms with Crippen molar-refractivity contribution in [3.05, 3.63) is 35.5 Å². The Morgan fingerprint density at radius 1 is 1.40 bits per heavy atom. The maximum atomic E-state index is 13.3. The number of aromatic nitrogens is 1. The molecule has 1 unspecified atom stereocenters. The summed E-state index contributed by atoms with van der Waals surface area (Å²) < 4.78 is 5.43. The predicted molar refractivity (Wildman–Crippen MR) is 97.6 cm³/mol. The number of esters is 1. The third-order valence-electron chi connectivity index (χ3n) is 7.07. The number of methoxy groups -OCH3 is 1. The molecule has 2 aromatic rings. The number of carbonyl (C=O) groups excluding carboxylic acids is 1. The van der Waals surface area contributed by atoms with Crippen molar-refractivity contribution < 1.29 is 9.53 Å². The molecule has 0 spiro atoms. The normalized spacial score (nSPS) is 36.1. The molecule has 6 rings (SSSR count). The van der Waals surface area contributed by atoms with E-state index in [1.807, 2.05) is 0 Å². The SMILES string of the molecule is CC[C@H]1C[C@H]2CN3CCc4c([nH]c5ccccc45)[C@](C(=O)OC)(C2)[C@@H]13. The summed E-state index contributed by atoms with van der Waals surface area (Å²) in [5, 5.41) is 1.28. The first-order chi connectivity index (χ1) is 12.2. The van der Waals surface area contributed by atoms with Crippen LogP contribution in [0.25, 0.3) is 10.9 Å². The minimum atomic E-state index is -0.526. The summed E-state index contributed by atoms with van der Waals surface area (Å²) in [7, 11) is 1.55. The van der Waals surface area contributed by atoms with Gasteiger partial charge in [0.05, 0.1) is 7.11 Å². The van der Waals surface area contributed by atoms with E-state index < -0.39 is 5.41 Å². The molecule has 1 saturated carbocycles. The van der Waals surface area contributed by atoms with E-state index >= 15 is 0 Å². The van der Waals surface area contributed by atoms with E-state index in [0.29, 0.717) is 11.8 Å². The summed E-state index contributed by atoms with van der Waals surface area (Å²) in [4.78, 5) is 19.5. The van der Waals surface area contributed by atoms with Gasteiger partial charge in [-0.1, -0.05) is 31.5 Å². The Hall–Kier alpha value is -1.81. The van der Waals surface area contributed by atoms with Crippen molar-refractivity contribution in [3.63, 3.8) is 0 Å². The number of carbonyl (C=O) groups is 1. The molecular formula is C21H26N2O2. The molecule has 4 heterocycles. The van der Waals surface area contributed by atoms with Gasteiger partial charge in [0.15, 0.2) is 0 Å². The predicted octanol–water partition coefficient (Wildman–Crippen LogP) is 3.26. The van der Waals surface area contributed by atoms with E-state index in [1.165, 1.54) is 17.4 Å². The van der Waals surface area contributed by atoms with Crippen molar-refractivity contribution in [3.8, 4) is 0 Å². The highest BCUT2D eigenvalue weighted by atomic mass is 16.5. The zero-order valence-electron chi connectivity index (χ0n) is 15.0. The van der Waals surface area contributed by atoms with Crippen molar-refractivity contribution in [1.82, 2.24) is 9.88 Å². The molecule has 3 aliphatic heterocycles. The van der Waals surface area contributed by atoms with Gasteiger partial charge in [0, 0.05) is 35.7 Å². The number of aromatic amines is 1. The molecule has 132 valence electrons. The van der Waals surface area contributed by atoms with Crippen LogP contribution in [0, 0.1) is 11.8 Å². The number of para-hydroxylation sites is 1. The van der Waals surface area contributed by atoms with Gasteiger partial charge in [-0.2, -0.15) is 0 Å². The van der Waals surface area contributed by atoms with Gasteiger partial charge in [0.25, 0.3) is 0 Å². The fraction of sp³-hybridized carbons (Fsp3) is 0.571. The molecule has 4 aliphatic rings. The highest BCUT2D eigenvalue weighted by Crippen LogP contribution is 2.55. The van der Waals surface area contributed by atoms with Crippen molar-refractivity contribution >= 4 is 16.9 Å². The van der Waals surface area contributed by atoms with Crippen LogP contribution in [0.15, 0.2) is 24.3 Å². The van der Waals surface area contributed by atoms with Crippen LogP contribution >= 0.6 is 0 Å². The van der Waals surface area contributed by atoms with Crippen LogP contribution in [-0.4, -0.2) is 42.1 Å². The zero-order chi connectivity index (χ0) is 17.2. The molecule has 4 bridgehead atoms. The number of H-pyrrole nitrogens is 1. The summed E-state index contributed by atoms with van der Waals surface area (Å²) in [5.41, 5.74) is 3.11. The molecular weight excluding hydrogens is 312 g/mol. The maximum absolute atomic E-state index is 13.3. The lowest BCUT2D eigenvalue weighted by atomic mass is 9.56. The number of hydrogen-bond donors (Lipinski definition) is 1. The number of fused-ring (bicyclic) bond motifs is 4. The van der Waals surface area contributed by atoms with E-state index in [9.17, 15) is 4.79 Å². The van der Waals surface area contributed by atoms with Crippen LogP contribution in [0.4, 0.5) is 0 Å². The first-order valence-corrected chi connectivity index (χ1v) is 9.61. The van der Waals surface area contributed by atoms with E-state index in [0.717, 1.165) is 43.6 Å². The van der Waals surface area contributed by atoms with Gasteiger partial charge in [-0.3, -0.25) is 9.69 Å². The van der Waals surface area contributed by atoms with Crippen LogP contribution in [0.1, 0.15) is 37.4 Å². The second-order valence-corrected chi connectivity index (χ2v) is 8.15. The van der Waals surface area contributed by atoms with Crippen LogP contribution in [0.5, 0.6) is 0 Å². The molecule has 5 atom stereocenters. The molecule has 0 amide bonds. The van der Waals surface area contributed by atoms with Gasteiger partial charge in [0.2, 0.25) is 0 Å². The summed E-state index contributed by atoms with van der Waals surface area (Å²) in [6, 6.07) is 8.75. The summed E-state index contributed by atoms with van der Waals surface area (Å²) in [6.07, 6.45) is 4.33. The van der Waals surface area contributed by atoms with Crippen LogP contribution in [0.3, 0.4) is 0 Å². The Morgan fingerprint density at radius 2 is 2.24 bits per heavy atom. The minimum Gasteiger partial charge on any atom is -0.468 e. The number of nitrogens with one attached hydrogen (secondary N) is 1. The molecule has 3 fully saturated rings. The fourth-order valence-corrected chi connectivity index (χ4v) is 6.27. The van der Waals surface area contributed by atoms with E-state index in [4.69, 9.17) is 4.74 Å². The topological polar surface area (TPSA) is 45.3 Å². The molecule has 4 heteroatoms. The van der Waals surface area contributed by atoms with Gasteiger partial charge in [-0.25, -0.2) is 0 Å². The third kappa shape index (κ3) is 1.89. The van der Waals surface area contributed by atoms with E-state index in [2.05, 4.69) is 41.1 Å². The molecule has 4 nitrogen and oxygen atoms in total. The standard InChI is InChI=1S/C21H26N2O2/c1-3-14-10-13-11-21(20(24)25-2)18-16(8-9-23(12-13)19(14)21)15-6-4-5-7-17(15)22-18/h4-7,13-14,19,22H,3,8-12H2,1-2H3/t13-,14+,19-,21-/m1/s1. The second kappa shape index (κ2) is 5.34. The Kier molecular flexibility index (Phi) is 3.30. The van der Waals surface area contributed by atoms with E-state index in [1.54, 1.807) is 7.11 Å². The Morgan fingerprint density at radius 3 is 3.04 bits per heavy atom. The van der Waals surface area contributed by atoms with E-state index in [-0.39, 0.29) is 12.0 Å². The quantitative estimate of drug-likeness (QED) is 0.855. The number of benzene rings is 1. The van der Waals surface area contributed by atoms with Crippen molar-refractivity contribution in [2.24, 2.45) is 11.8 Å². The monoisotopic (exact) mass is 338 g/mol. The lowest BCUT2D eigenvalue weighted by Crippen LogP contribution is -2.67. The number of piperidine rings is 2. The van der Waals surface area contributed by atoms with Crippen molar-refractivity contribution in [2.45, 2.75) is 44.1 Å². The number of hydrogen-bond acceptors (Lipinski definition) is 3. The van der Waals surface area contributed by atoms with Gasteiger partial charge in [0.1, 0.15) is 5.41 Å². The smallest absolute Gasteiger partial charge is 0.319 e. The Labute approximate surface area is 148 Å². The third-order valence-corrected chi connectivity index (χ3v) is 7.07. The Balaban J connectivity index is 1.81.